The molecule has 2 nitrogen and oxygen atoms in total. The third-order valence-corrected chi connectivity index (χ3v) is 11.2. The summed E-state index contributed by atoms with van der Waals surface area (Å²) in [6, 6.07) is 31.0. The zero-order valence-electron chi connectivity index (χ0n) is 23.4. The summed E-state index contributed by atoms with van der Waals surface area (Å²) in [5, 5.41) is 4.78. The molecule has 0 amide bonds. The van der Waals surface area contributed by atoms with E-state index in [1.54, 1.807) is 11.1 Å². The first-order valence-corrected chi connectivity index (χ1v) is 15.7. The smallest absolute Gasteiger partial charge is 0.331 e. The van der Waals surface area contributed by atoms with Crippen molar-refractivity contribution in [2.75, 3.05) is 0 Å². The fourth-order valence-corrected chi connectivity index (χ4v) is 9.48. The Morgan fingerprint density at radius 1 is 0.512 bits per heavy atom. The molecule has 0 N–H and O–H groups in total. The fourth-order valence-electron chi connectivity index (χ4n) is 9.48. The van der Waals surface area contributed by atoms with Crippen molar-refractivity contribution in [3.8, 4) is 11.1 Å². The van der Waals surface area contributed by atoms with Crippen molar-refractivity contribution in [2.24, 2.45) is 0 Å². The summed E-state index contributed by atoms with van der Waals surface area (Å²) in [7, 11) is 0. The van der Waals surface area contributed by atoms with Crippen LogP contribution in [0.2, 0.25) is 0 Å². The second-order valence-electron chi connectivity index (χ2n) is 13.0. The molecule has 4 bridgehead atoms. The SMILES string of the molecule is [N-]=[N+]=C(c1c2c(cc3c1C1CCC3CC1)C1CCC2CC1)c1c2ccccc2c(-c2ccccc2)c2ccccc12. The Kier molecular flexibility index (Phi) is 5.20. The molecule has 200 valence electrons. The number of nitrogens with zero attached hydrogens (tertiary/aromatic N) is 2. The van der Waals surface area contributed by atoms with Gasteiger partial charge in [0.25, 0.3) is 0 Å². The number of fused-ring (bicyclic) bond motifs is 6. The average molecular weight is 531 g/mol. The van der Waals surface area contributed by atoms with E-state index in [9.17, 15) is 5.53 Å². The Balaban J connectivity index is 1.42. The molecule has 0 unspecified atom stereocenters. The molecule has 0 aromatic heterocycles. The van der Waals surface area contributed by atoms with Crippen LogP contribution in [0.4, 0.5) is 0 Å². The first-order chi connectivity index (χ1) is 20.3. The third kappa shape index (κ3) is 3.32. The van der Waals surface area contributed by atoms with Crippen molar-refractivity contribution in [3.05, 3.63) is 124 Å². The summed E-state index contributed by atoms with van der Waals surface area (Å²) >= 11 is 0. The quantitative estimate of drug-likeness (QED) is 0.0963. The summed E-state index contributed by atoms with van der Waals surface area (Å²) in [6.45, 7) is 0. The first kappa shape index (κ1) is 23.7. The van der Waals surface area contributed by atoms with Gasteiger partial charge < -0.3 is 5.53 Å². The molecule has 0 radical (unpaired) electrons. The van der Waals surface area contributed by atoms with Gasteiger partial charge in [-0.2, -0.15) is 4.79 Å². The van der Waals surface area contributed by atoms with E-state index >= 15 is 0 Å². The van der Waals surface area contributed by atoms with E-state index < -0.39 is 0 Å². The van der Waals surface area contributed by atoms with Gasteiger partial charge in [0, 0.05) is 0 Å². The van der Waals surface area contributed by atoms with E-state index in [2.05, 4.69) is 89.7 Å². The summed E-state index contributed by atoms with van der Waals surface area (Å²) in [5.74, 6) is 2.48. The predicted octanol–water partition coefficient (Wildman–Crippen LogP) is 10.2. The van der Waals surface area contributed by atoms with Crippen molar-refractivity contribution < 1.29 is 4.79 Å². The van der Waals surface area contributed by atoms with Crippen LogP contribution in [0.25, 0.3) is 38.2 Å². The van der Waals surface area contributed by atoms with Crippen LogP contribution in [0.15, 0.2) is 84.9 Å². The highest BCUT2D eigenvalue weighted by molar-refractivity contribution is 6.29. The lowest BCUT2D eigenvalue weighted by Crippen LogP contribution is -2.31. The van der Waals surface area contributed by atoms with Crippen LogP contribution in [-0.4, -0.2) is 10.5 Å². The summed E-state index contributed by atoms with van der Waals surface area (Å²) in [5.41, 5.74) is 23.1. The molecule has 0 aliphatic heterocycles. The summed E-state index contributed by atoms with van der Waals surface area (Å²) in [4.78, 5) is 4.33. The van der Waals surface area contributed by atoms with Crippen molar-refractivity contribution >= 4 is 27.3 Å². The molecule has 0 saturated heterocycles. The third-order valence-electron chi connectivity index (χ3n) is 11.2. The van der Waals surface area contributed by atoms with E-state index in [0.717, 1.165) is 11.3 Å². The van der Waals surface area contributed by atoms with Crippen LogP contribution in [0.3, 0.4) is 0 Å². The minimum absolute atomic E-state index is 0.577. The second-order valence-corrected chi connectivity index (χ2v) is 13.0. The van der Waals surface area contributed by atoms with Gasteiger partial charge in [0.1, 0.15) is 0 Å². The molecule has 5 aromatic rings. The Morgan fingerprint density at radius 2 is 0.951 bits per heavy atom. The lowest BCUT2D eigenvalue weighted by molar-refractivity contribution is -0.00284. The van der Waals surface area contributed by atoms with Gasteiger partial charge in [-0.05, 0) is 130 Å². The van der Waals surface area contributed by atoms with E-state index in [1.807, 2.05) is 0 Å². The molecular weight excluding hydrogens is 496 g/mol. The molecule has 5 aromatic carbocycles. The standard InChI is InChI=1S/C39H34N2/c40-41-39(38-35-26-18-14-23(15-19-26)32(35)22-33-24-16-20-27(21-17-24)36(33)38)37-30-12-6-4-10-28(30)34(25-8-2-1-3-9-25)29-11-5-7-13-31(29)37/h1-13,22-24,26-27H,14-21H2. The Hall–Kier alpha value is -4.00. The Morgan fingerprint density at radius 3 is 1.44 bits per heavy atom. The highest BCUT2D eigenvalue weighted by Crippen LogP contribution is 2.58. The fraction of sp³-hybridized carbons (Fsp3) is 0.308. The predicted molar refractivity (Wildman–Crippen MR) is 168 cm³/mol. The van der Waals surface area contributed by atoms with Crippen molar-refractivity contribution in [1.82, 2.24) is 0 Å². The molecule has 0 heterocycles. The molecular formula is C39H34N2. The topological polar surface area (TPSA) is 36.4 Å². The maximum atomic E-state index is 11.2. The molecule has 2 saturated carbocycles. The number of rotatable bonds is 3. The van der Waals surface area contributed by atoms with Crippen LogP contribution in [0.5, 0.6) is 0 Å². The van der Waals surface area contributed by atoms with Gasteiger partial charge in [-0.1, -0.05) is 84.9 Å². The molecule has 11 rings (SSSR count). The summed E-state index contributed by atoms with van der Waals surface area (Å²) in [6.07, 6.45) is 10.3. The number of hydrogen-bond donors (Lipinski definition) is 0. The van der Waals surface area contributed by atoms with Gasteiger partial charge in [0.05, 0.1) is 11.1 Å². The van der Waals surface area contributed by atoms with Gasteiger partial charge in [0.2, 0.25) is 0 Å². The van der Waals surface area contributed by atoms with Crippen molar-refractivity contribution in [1.29, 1.82) is 0 Å². The van der Waals surface area contributed by atoms with Gasteiger partial charge in [0.15, 0.2) is 0 Å². The minimum Gasteiger partial charge on any atom is -0.361 e. The second kappa shape index (κ2) is 9.00. The van der Waals surface area contributed by atoms with E-state index in [-0.39, 0.29) is 0 Å². The van der Waals surface area contributed by atoms with Crippen LogP contribution in [0.1, 0.15) is 108 Å². The molecule has 41 heavy (non-hydrogen) atoms. The molecule has 6 aliphatic carbocycles. The van der Waals surface area contributed by atoms with Crippen LogP contribution < -0.4 is 0 Å². The lowest BCUT2D eigenvalue weighted by atomic mass is 9.58. The van der Waals surface area contributed by atoms with Crippen LogP contribution in [-0.2, 0) is 0 Å². The molecule has 2 fully saturated rings. The molecule has 6 aliphatic rings. The Bertz CT molecular complexity index is 1810. The van der Waals surface area contributed by atoms with Crippen molar-refractivity contribution in [2.45, 2.75) is 75.0 Å². The zero-order chi connectivity index (χ0) is 27.1. The van der Waals surface area contributed by atoms with Crippen molar-refractivity contribution in [3.63, 3.8) is 0 Å². The molecule has 2 heteroatoms. The molecule has 0 atom stereocenters. The number of hydrogen-bond acceptors (Lipinski definition) is 0. The van der Waals surface area contributed by atoms with Gasteiger partial charge in [-0.3, -0.25) is 0 Å². The maximum absolute atomic E-state index is 11.2. The average Bonchev–Trinajstić information content (AvgIpc) is 3.05. The zero-order valence-corrected chi connectivity index (χ0v) is 23.4. The van der Waals surface area contributed by atoms with E-state index in [1.165, 1.54) is 101 Å². The van der Waals surface area contributed by atoms with Gasteiger partial charge >= 0.3 is 5.71 Å². The van der Waals surface area contributed by atoms with E-state index in [0.29, 0.717) is 23.7 Å². The monoisotopic (exact) mass is 530 g/mol. The van der Waals surface area contributed by atoms with Crippen LogP contribution in [0, 0.1) is 0 Å². The normalized spacial score (nSPS) is 23.8. The largest absolute Gasteiger partial charge is 0.361 e. The first-order valence-electron chi connectivity index (χ1n) is 15.7. The number of benzene rings is 5. The van der Waals surface area contributed by atoms with Gasteiger partial charge in [-0.15, -0.1) is 0 Å². The minimum atomic E-state index is 0.577. The van der Waals surface area contributed by atoms with Crippen LogP contribution >= 0.6 is 0 Å². The highest BCUT2D eigenvalue weighted by Gasteiger charge is 2.45. The van der Waals surface area contributed by atoms with E-state index in [4.69, 9.17) is 0 Å². The molecule has 0 spiro atoms. The maximum Gasteiger partial charge on any atom is 0.331 e. The Labute approximate surface area is 241 Å². The highest BCUT2D eigenvalue weighted by atomic mass is 14.9. The summed E-state index contributed by atoms with van der Waals surface area (Å²) < 4.78 is 0. The lowest BCUT2D eigenvalue weighted by Gasteiger charge is -2.45. The van der Waals surface area contributed by atoms with Gasteiger partial charge in [-0.25, -0.2) is 0 Å².